The predicted octanol–water partition coefficient (Wildman–Crippen LogP) is 4.61. The highest BCUT2D eigenvalue weighted by molar-refractivity contribution is 5.70. The zero-order valence-corrected chi connectivity index (χ0v) is 19.1. The molecule has 0 radical (unpaired) electrons. The number of piperidine rings is 1. The topological polar surface area (TPSA) is 64.4 Å². The van der Waals surface area contributed by atoms with Crippen LogP contribution in [-0.4, -0.2) is 49.6 Å². The molecule has 2 aliphatic heterocycles. The fraction of sp³-hybridized carbons (Fsp3) is 0.462. The first-order valence-electron chi connectivity index (χ1n) is 11.6. The van der Waals surface area contributed by atoms with Crippen molar-refractivity contribution in [2.24, 2.45) is 0 Å². The van der Waals surface area contributed by atoms with Crippen molar-refractivity contribution in [1.82, 2.24) is 10.2 Å². The minimum Gasteiger partial charge on any atom is -0.445 e. The highest BCUT2D eigenvalue weighted by Gasteiger charge is 2.54. The van der Waals surface area contributed by atoms with Gasteiger partial charge >= 0.3 is 6.09 Å². The molecule has 2 heterocycles. The Labute approximate surface area is 195 Å². The number of likely N-dealkylation sites (tertiary alicyclic amines) is 1. The van der Waals surface area contributed by atoms with Gasteiger partial charge in [-0.2, -0.15) is 0 Å². The summed E-state index contributed by atoms with van der Waals surface area (Å²) >= 11 is 0. The maximum Gasteiger partial charge on any atom is 0.410 e. The summed E-state index contributed by atoms with van der Waals surface area (Å²) in [6.45, 7) is 12.7. The summed E-state index contributed by atoms with van der Waals surface area (Å²) in [7, 11) is 0. The summed E-state index contributed by atoms with van der Waals surface area (Å²) in [6.07, 6.45) is 1.43. The van der Waals surface area contributed by atoms with Crippen LogP contribution in [0.5, 0.6) is 0 Å². The third kappa shape index (κ3) is 5.03. The molecule has 1 N–H and O–H groups in total. The highest BCUT2D eigenvalue weighted by atomic mass is 16.7. The summed E-state index contributed by atoms with van der Waals surface area (Å²) in [4.78, 5) is 18.8. The fourth-order valence-electron chi connectivity index (χ4n) is 4.88. The Balaban J connectivity index is 1.67. The lowest BCUT2D eigenvalue weighted by Gasteiger charge is -2.52. The van der Waals surface area contributed by atoms with Gasteiger partial charge in [-0.15, -0.1) is 0 Å². The van der Waals surface area contributed by atoms with E-state index in [0.717, 1.165) is 24.2 Å². The Hall–Kier alpha value is -2.92. The number of hydrogen-bond acceptors (Lipinski definition) is 5. The fourth-order valence-corrected chi connectivity index (χ4v) is 4.88. The Morgan fingerprint density at radius 2 is 1.88 bits per heavy atom. The highest BCUT2D eigenvalue weighted by Crippen LogP contribution is 2.48. The van der Waals surface area contributed by atoms with E-state index < -0.39 is 11.3 Å². The van der Waals surface area contributed by atoms with Gasteiger partial charge in [0.15, 0.2) is 11.5 Å². The maximum absolute atomic E-state index is 13.5. The normalized spacial score (nSPS) is 21.6. The van der Waals surface area contributed by atoms with Crippen molar-refractivity contribution in [1.29, 1.82) is 0 Å². The monoisotopic (exact) mass is 449 g/mol. The molecule has 7 nitrogen and oxygen atoms in total. The van der Waals surface area contributed by atoms with Gasteiger partial charge in [0.05, 0.1) is 25.3 Å². The van der Waals surface area contributed by atoms with Crippen LogP contribution in [0.25, 0.3) is 4.85 Å². The van der Waals surface area contributed by atoms with E-state index in [-0.39, 0.29) is 12.7 Å². The van der Waals surface area contributed by atoms with Gasteiger partial charge in [0.25, 0.3) is 0 Å². The summed E-state index contributed by atoms with van der Waals surface area (Å²) in [6, 6.07) is 17.2. The van der Waals surface area contributed by atoms with E-state index >= 15 is 0 Å². The quantitative estimate of drug-likeness (QED) is 0.494. The maximum atomic E-state index is 13.5. The van der Waals surface area contributed by atoms with Crippen LogP contribution in [0.3, 0.4) is 0 Å². The number of amides is 1. The van der Waals surface area contributed by atoms with Gasteiger partial charge in [-0.05, 0) is 30.6 Å². The Bertz CT molecular complexity index is 967. The molecule has 33 heavy (non-hydrogen) atoms. The Morgan fingerprint density at radius 3 is 2.55 bits per heavy atom. The van der Waals surface area contributed by atoms with Crippen LogP contribution in [0.4, 0.5) is 10.5 Å². The first-order chi connectivity index (χ1) is 16.1. The smallest absolute Gasteiger partial charge is 0.410 e. The molecule has 1 atom stereocenters. The molecule has 1 amide bonds. The average molecular weight is 450 g/mol. The molecule has 2 aromatic carbocycles. The minimum absolute atomic E-state index is 0.217. The van der Waals surface area contributed by atoms with E-state index in [1.807, 2.05) is 59.5 Å². The molecule has 7 heteroatoms. The zero-order chi connectivity index (χ0) is 23.2. The summed E-state index contributed by atoms with van der Waals surface area (Å²) in [5.41, 5.74) is 1.79. The van der Waals surface area contributed by atoms with Gasteiger partial charge in [-0.3, -0.25) is 4.90 Å². The van der Waals surface area contributed by atoms with E-state index in [0.29, 0.717) is 44.7 Å². The van der Waals surface area contributed by atoms with Gasteiger partial charge in [-0.25, -0.2) is 9.64 Å². The first kappa shape index (κ1) is 23.2. The van der Waals surface area contributed by atoms with Crippen molar-refractivity contribution in [3.8, 4) is 0 Å². The van der Waals surface area contributed by atoms with Crippen LogP contribution in [0.1, 0.15) is 37.3 Å². The Morgan fingerprint density at radius 1 is 1.15 bits per heavy atom. The molecule has 2 saturated heterocycles. The van der Waals surface area contributed by atoms with E-state index in [4.69, 9.17) is 20.8 Å². The molecule has 1 spiro atoms. The first-order valence-corrected chi connectivity index (χ1v) is 11.6. The lowest BCUT2D eigenvalue weighted by atomic mass is 9.75. The predicted molar refractivity (Wildman–Crippen MR) is 125 cm³/mol. The van der Waals surface area contributed by atoms with Crippen LogP contribution in [0, 0.1) is 6.57 Å². The molecule has 0 saturated carbocycles. The summed E-state index contributed by atoms with van der Waals surface area (Å²) < 4.78 is 18.0. The van der Waals surface area contributed by atoms with Gasteiger partial charge < -0.3 is 19.5 Å². The second kappa shape index (κ2) is 10.3. The standard InChI is InChI=1S/C26H31N3O4/c1-3-28-15-13-25(22-9-11-23(27-2)12-10-22)20-26(32-17-18-33-26)14-16-29(25)24(30)31-19-21-7-5-4-6-8-21/h4-12,28H,3,13-20H2,1H3. The Kier molecular flexibility index (Phi) is 7.29. The largest absolute Gasteiger partial charge is 0.445 e. The molecule has 0 aromatic heterocycles. The molecular formula is C26H31N3O4. The third-order valence-corrected chi connectivity index (χ3v) is 6.53. The van der Waals surface area contributed by atoms with Gasteiger partial charge in [0, 0.05) is 19.4 Å². The summed E-state index contributed by atoms with van der Waals surface area (Å²) in [5, 5.41) is 3.40. The van der Waals surface area contributed by atoms with Gasteiger partial charge in [-0.1, -0.05) is 61.5 Å². The molecule has 0 aliphatic carbocycles. The number of ether oxygens (including phenoxy) is 3. The van der Waals surface area contributed by atoms with Crippen molar-refractivity contribution < 1.29 is 19.0 Å². The number of nitrogens with one attached hydrogen (secondary N) is 1. The van der Waals surface area contributed by atoms with E-state index in [9.17, 15) is 4.79 Å². The van der Waals surface area contributed by atoms with Crippen molar-refractivity contribution >= 4 is 11.8 Å². The van der Waals surface area contributed by atoms with Crippen LogP contribution < -0.4 is 5.32 Å². The van der Waals surface area contributed by atoms with Crippen LogP contribution in [-0.2, 0) is 26.4 Å². The van der Waals surface area contributed by atoms with E-state index in [1.54, 1.807) is 0 Å². The molecule has 2 aliphatic rings. The molecule has 2 fully saturated rings. The van der Waals surface area contributed by atoms with Crippen molar-refractivity contribution in [2.75, 3.05) is 32.8 Å². The molecule has 2 aromatic rings. The van der Waals surface area contributed by atoms with Gasteiger partial charge in [0.2, 0.25) is 0 Å². The average Bonchev–Trinajstić information content (AvgIpc) is 3.31. The van der Waals surface area contributed by atoms with Crippen molar-refractivity contribution in [3.63, 3.8) is 0 Å². The van der Waals surface area contributed by atoms with E-state index in [2.05, 4.69) is 17.1 Å². The number of hydrogen-bond donors (Lipinski definition) is 1. The van der Waals surface area contributed by atoms with Crippen LogP contribution in [0.2, 0.25) is 0 Å². The van der Waals surface area contributed by atoms with Crippen molar-refractivity contribution in [2.45, 2.75) is 44.1 Å². The minimum atomic E-state index is -0.707. The number of carbonyl (C=O) groups excluding carboxylic acids is 1. The molecule has 174 valence electrons. The second-order valence-electron chi connectivity index (χ2n) is 8.52. The molecule has 4 rings (SSSR count). The van der Waals surface area contributed by atoms with E-state index in [1.165, 1.54) is 0 Å². The zero-order valence-electron chi connectivity index (χ0n) is 19.1. The number of carbonyl (C=O) groups is 1. The van der Waals surface area contributed by atoms with Crippen molar-refractivity contribution in [3.05, 3.63) is 77.1 Å². The lowest BCUT2D eigenvalue weighted by Crippen LogP contribution is -2.60. The third-order valence-electron chi connectivity index (χ3n) is 6.53. The summed E-state index contributed by atoms with van der Waals surface area (Å²) in [5.74, 6) is -0.707. The number of rotatable bonds is 7. The second-order valence-corrected chi connectivity index (χ2v) is 8.52. The SMILES string of the molecule is [C-]#[N+]c1ccc(C2(CCNCC)CC3(CCN2C(=O)OCc2ccccc2)OCCO3)cc1. The number of benzene rings is 2. The molecule has 1 unspecified atom stereocenters. The lowest BCUT2D eigenvalue weighted by molar-refractivity contribution is -0.213. The van der Waals surface area contributed by atoms with Crippen LogP contribution in [0.15, 0.2) is 54.6 Å². The molecular weight excluding hydrogens is 418 g/mol. The van der Waals surface area contributed by atoms with Crippen LogP contribution >= 0.6 is 0 Å². The van der Waals surface area contributed by atoms with Gasteiger partial charge in [0.1, 0.15) is 6.61 Å². The number of nitrogens with zero attached hydrogens (tertiary/aromatic N) is 2. The molecule has 0 bridgehead atoms.